The van der Waals surface area contributed by atoms with E-state index in [-0.39, 0.29) is 0 Å². The van der Waals surface area contributed by atoms with Gasteiger partial charge in [-0.25, -0.2) is 0 Å². The molecule has 0 spiro atoms. The van der Waals surface area contributed by atoms with Crippen LogP contribution in [0, 0.1) is 0 Å². The smallest absolute Gasteiger partial charge is 0.135 e. The lowest BCUT2D eigenvalue weighted by Gasteiger charge is -2.17. The fraction of sp³-hybridized carbons (Fsp3) is 0. The minimum atomic E-state index is 0.919. The monoisotopic (exact) mass is 620 g/mol. The van der Waals surface area contributed by atoms with Crippen molar-refractivity contribution in [2.24, 2.45) is 0 Å². The average molecular weight is 621 g/mol. The summed E-state index contributed by atoms with van der Waals surface area (Å²) in [6.45, 7) is 0. The summed E-state index contributed by atoms with van der Waals surface area (Å²) in [6, 6.07) is 62.1. The number of hydrogen-bond acceptors (Lipinski definition) is 1. The molecule has 1 nitrogen and oxygen atoms in total. The molecule has 0 atom stereocenters. The van der Waals surface area contributed by atoms with Gasteiger partial charge in [0.1, 0.15) is 11.2 Å². The summed E-state index contributed by atoms with van der Waals surface area (Å²) in [7, 11) is 0. The van der Waals surface area contributed by atoms with Crippen molar-refractivity contribution >= 4 is 86.6 Å². The van der Waals surface area contributed by atoms with Crippen LogP contribution in [0.2, 0.25) is 0 Å². The van der Waals surface area contributed by atoms with Gasteiger partial charge in [0.15, 0.2) is 0 Å². The van der Waals surface area contributed by atoms with Gasteiger partial charge in [0.05, 0.1) is 0 Å². The minimum absolute atomic E-state index is 0.919. The summed E-state index contributed by atoms with van der Waals surface area (Å²) in [6.07, 6.45) is 0. The van der Waals surface area contributed by atoms with Crippen molar-refractivity contribution in [2.45, 2.75) is 0 Å². The van der Waals surface area contributed by atoms with Crippen molar-refractivity contribution in [1.29, 1.82) is 0 Å². The molecule has 0 amide bonds. The van der Waals surface area contributed by atoms with Crippen molar-refractivity contribution in [1.82, 2.24) is 0 Å². The van der Waals surface area contributed by atoms with E-state index in [1.807, 2.05) is 12.1 Å². The topological polar surface area (TPSA) is 13.1 Å². The zero-order chi connectivity index (χ0) is 32.1. The van der Waals surface area contributed by atoms with Gasteiger partial charge in [0, 0.05) is 10.8 Å². The Morgan fingerprint density at radius 1 is 0.245 bits per heavy atom. The Labute approximate surface area is 282 Å². The molecule has 11 rings (SSSR count). The molecule has 0 fully saturated rings. The van der Waals surface area contributed by atoms with Crippen LogP contribution in [0.1, 0.15) is 0 Å². The predicted molar refractivity (Wildman–Crippen MR) is 210 cm³/mol. The Balaban J connectivity index is 1.18. The Kier molecular flexibility index (Phi) is 5.45. The second-order valence-corrected chi connectivity index (χ2v) is 13.2. The van der Waals surface area contributed by atoms with Crippen LogP contribution in [0.3, 0.4) is 0 Å². The number of fused-ring (bicyclic) bond motifs is 15. The molecule has 0 saturated carbocycles. The predicted octanol–water partition coefficient (Wildman–Crippen LogP) is 13.8. The molecule has 0 bridgehead atoms. The fourth-order valence-electron chi connectivity index (χ4n) is 8.49. The molecule has 11 aromatic rings. The molecule has 0 saturated heterocycles. The van der Waals surface area contributed by atoms with E-state index >= 15 is 0 Å². The molecule has 0 N–H and O–H groups in total. The molecule has 0 aliphatic carbocycles. The van der Waals surface area contributed by atoms with E-state index in [1.165, 1.54) is 86.9 Å². The molecule has 10 aromatic carbocycles. The van der Waals surface area contributed by atoms with Crippen LogP contribution in [0.15, 0.2) is 174 Å². The van der Waals surface area contributed by atoms with Crippen LogP contribution in [0.5, 0.6) is 0 Å². The van der Waals surface area contributed by atoms with E-state index < -0.39 is 0 Å². The maximum Gasteiger partial charge on any atom is 0.135 e. The van der Waals surface area contributed by atoms with E-state index in [4.69, 9.17) is 4.42 Å². The number of furan rings is 1. The summed E-state index contributed by atoms with van der Waals surface area (Å²) in [5.41, 5.74) is 6.72. The van der Waals surface area contributed by atoms with Crippen molar-refractivity contribution in [3.8, 4) is 22.3 Å². The quantitative estimate of drug-likeness (QED) is 0.175. The zero-order valence-corrected chi connectivity index (χ0v) is 26.6. The van der Waals surface area contributed by atoms with Gasteiger partial charge in [-0.1, -0.05) is 146 Å². The van der Waals surface area contributed by atoms with Crippen LogP contribution in [-0.4, -0.2) is 0 Å². The van der Waals surface area contributed by atoms with Gasteiger partial charge in [-0.3, -0.25) is 0 Å². The first-order chi connectivity index (χ1) is 24.3. The van der Waals surface area contributed by atoms with Crippen molar-refractivity contribution < 1.29 is 4.42 Å². The maximum absolute atomic E-state index is 6.14. The zero-order valence-electron chi connectivity index (χ0n) is 26.6. The fourth-order valence-corrected chi connectivity index (χ4v) is 8.49. The lowest BCUT2D eigenvalue weighted by atomic mass is 9.85. The second-order valence-electron chi connectivity index (χ2n) is 13.2. The van der Waals surface area contributed by atoms with Crippen LogP contribution < -0.4 is 0 Å². The highest BCUT2D eigenvalue weighted by Gasteiger charge is 2.17. The van der Waals surface area contributed by atoms with Gasteiger partial charge in [-0.2, -0.15) is 0 Å². The average Bonchev–Trinajstić information content (AvgIpc) is 3.55. The largest absolute Gasteiger partial charge is 0.456 e. The maximum atomic E-state index is 6.14. The highest BCUT2D eigenvalue weighted by atomic mass is 16.3. The Hall–Kier alpha value is -6.44. The van der Waals surface area contributed by atoms with Gasteiger partial charge in [-0.15, -0.1) is 0 Å². The van der Waals surface area contributed by atoms with Gasteiger partial charge in [0.2, 0.25) is 0 Å². The molecule has 0 aliphatic rings. The normalized spacial score (nSPS) is 12.1. The van der Waals surface area contributed by atoms with Crippen LogP contribution >= 0.6 is 0 Å². The molecular weight excluding hydrogens is 593 g/mol. The molecule has 1 aromatic heterocycles. The summed E-state index contributed by atoms with van der Waals surface area (Å²) < 4.78 is 6.14. The number of rotatable bonds is 2. The van der Waals surface area contributed by atoms with E-state index in [9.17, 15) is 0 Å². The molecule has 49 heavy (non-hydrogen) atoms. The Morgan fingerprint density at radius 3 is 1.20 bits per heavy atom. The third-order valence-corrected chi connectivity index (χ3v) is 10.6. The summed E-state index contributed by atoms with van der Waals surface area (Å²) in [5.74, 6) is 0. The van der Waals surface area contributed by atoms with Gasteiger partial charge >= 0.3 is 0 Å². The van der Waals surface area contributed by atoms with Crippen molar-refractivity contribution in [3.63, 3.8) is 0 Å². The van der Waals surface area contributed by atoms with Gasteiger partial charge in [0.25, 0.3) is 0 Å². The van der Waals surface area contributed by atoms with Crippen LogP contribution in [0.4, 0.5) is 0 Å². The summed E-state index contributed by atoms with van der Waals surface area (Å²) in [4.78, 5) is 0. The number of hydrogen-bond donors (Lipinski definition) is 0. The number of para-hydroxylation sites is 1. The molecule has 0 aliphatic heterocycles. The molecule has 0 radical (unpaired) electrons. The van der Waals surface area contributed by atoms with Gasteiger partial charge < -0.3 is 4.42 Å². The Bertz CT molecular complexity index is 3160. The third kappa shape index (κ3) is 3.76. The first-order valence-corrected chi connectivity index (χ1v) is 16.9. The first kappa shape index (κ1) is 26.6. The third-order valence-electron chi connectivity index (χ3n) is 10.6. The first-order valence-electron chi connectivity index (χ1n) is 16.9. The lowest BCUT2D eigenvalue weighted by Crippen LogP contribution is -1.90. The molecular formula is C48H28O. The van der Waals surface area contributed by atoms with E-state index in [0.29, 0.717) is 0 Å². The van der Waals surface area contributed by atoms with Crippen LogP contribution in [-0.2, 0) is 0 Å². The standard InChI is InChI=1S/C48H28O/c1-2-12-34-32(30-22-26-46-44(28-30)38-16-9-10-20-45(38)49-46)25-24-31(33(34)11-1)29-21-23-42-43(27-29)37-15-5-8-19-41(37)47-39-17-6-3-13-35(39)36-14-4-7-18-40(36)48(42)47/h1-28H. The highest BCUT2D eigenvalue weighted by molar-refractivity contribution is 6.39. The van der Waals surface area contributed by atoms with Crippen molar-refractivity contribution in [2.75, 3.05) is 0 Å². The molecule has 1 heteroatoms. The van der Waals surface area contributed by atoms with E-state index in [0.717, 1.165) is 21.9 Å². The van der Waals surface area contributed by atoms with Crippen molar-refractivity contribution in [3.05, 3.63) is 170 Å². The molecule has 1 heterocycles. The minimum Gasteiger partial charge on any atom is -0.456 e. The lowest BCUT2D eigenvalue weighted by molar-refractivity contribution is 0.669. The van der Waals surface area contributed by atoms with Gasteiger partial charge in [-0.05, 0) is 111 Å². The second kappa shape index (κ2) is 10.0. The van der Waals surface area contributed by atoms with Crippen LogP contribution in [0.25, 0.3) is 109 Å². The molecule has 0 unspecified atom stereocenters. The van der Waals surface area contributed by atoms with E-state index in [1.54, 1.807) is 0 Å². The SMILES string of the molecule is c1ccc2c(c1)oc1ccc(-c3ccc(-c4ccc5c(c4)c4ccccc4c4c6ccccc6c6ccccc6c54)c4ccccc34)cc12. The number of benzene rings is 10. The van der Waals surface area contributed by atoms with E-state index in [2.05, 4.69) is 158 Å². The Morgan fingerprint density at radius 2 is 0.633 bits per heavy atom. The molecule has 226 valence electrons. The highest BCUT2D eigenvalue weighted by Crippen LogP contribution is 2.45. The summed E-state index contributed by atoms with van der Waals surface area (Å²) in [5, 5.41) is 17.8. The summed E-state index contributed by atoms with van der Waals surface area (Å²) >= 11 is 0.